The first-order valence-electron chi connectivity index (χ1n) is 8.47. The van der Waals surface area contributed by atoms with E-state index in [2.05, 4.69) is 20.4 Å². The van der Waals surface area contributed by atoms with Gasteiger partial charge in [-0.3, -0.25) is 4.79 Å². The number of nitrogens with one attached hydrogen (secondary N) is 1. The van der Waals surface area contributed by atoms with Crippen molar-refractivity contribution in [1.82, 2.24) is 20.4 Å². The maximum atomic E-state index is 12.5. The number of fused-ring (bicyclic) bond motifs is 1. The smallest absolute Gasteiger partial charge is 0.258 e. The molecule has 0 bridgehead atoms. The molecule has 0 aromatic carbocycles. The first kappa shape index (κ1) is 16.9. The zero-order chi connectivity index (χ0) is 17.1. The molecule has 1 aliphatic heterocycles. The highest BCUT2D eigenvalue weighted by atomic mass is 16.5. The van der Waals surface area contributed by atoms with E-state index in [9.17, 15) is 9.90 Å². The highest BCUT2D eigenvalue weighted by Crippen LogP contribution is 2.21. The normalized spacial score (nSPS) is 16.6. The van der Waals surface area contributed by atoms with Gasteiger partial charge in [-0.05, 0) is 45.7 Å². The summed E-state index contributed by atoms with van der Waals surface area (Å²) >= 11 is 0. The number of aromatic nitrogens is 2. The molecule has 1 amide bonds. The molecule has 0 atom stereocenters. The zero-order valence-corrected chi connectivity index (χ0v) is 14.2. The van der Waals surface area contributed by atoms with Gasteiger partial charge in [-0.2, -0.15) is 0 Å². The largest absolute Gasteiger partial charge is 0.393 e. The van der Waals surface area contributed by atoms with Crippen molar-refractivity contribution in [2.24, 2.45) is 0 Å². The van der Waals surface area contributed by atoms with E-state index in [-0.39, 0.29) is 12.0 Å². The number of nitrogens with zero attached hydrogens (tertiary/aromatic N) is 3. The molecule has 0 unspecified atom stereocenters. The second kappa shape index (κ2) is 7.27. The molecule has 1 fully saturated rings. The summed E-state index contributed by atoms with van der Waals surface area (Å²) in [5.74, 6) is -0.120. The number of carbonyl (C=O) groups excluding carboxylic acids is 1. The maximum absolute atomic E-state index is 12.5. The van der Waals surface area contributed by atoms with Crippen LogP contribution in [0, 0.1) is 13.8 Å². The van der Waals surface area contributed by atoms with Gasteiger partial charge in [0.15, 0.2) is 0 Å². The molecular weight excluding hydrogens is 308 g/mol. The third-order valence-corrected chi connectivity index (χ3v) is 4.48. The predicted molar refractivity (Wildman–Crippen MR) is 89.9 cm³/mol. The van der Waals surface area contributed by atoms with Gasteiger partial charge in [0.05, 0.1) is 22.7 Å². The van der Waals surface area contributed by atoms with Gasteiger partial charge >= 0.3 is 0 Å². The lowest BCUT2D eigenvalue weighted by Gasteiger charge is -2.29. The molecule has 7 heteroatoms. The van der Waals surface area contributed by atoms with Gasteiger partial charge in [0.2, 0.25) is 0 Å². The van der Waals surface area contributed by atoms with Crippen molar-refractivity contribution in [2.75, 3.05) is 26.2 Å². The van der Waals surface area contributed by atoms with Gasteiger partial charge in [-0.1, -0.05) is 5.16 Å². The molecule has 0 aliphatic carbocycles. The van der Waals surface area contributed by atoms with E-state index in [1.807, 2.05) is 13.8 Å². The van der Waals surface area contributed by atoms with Crippen LogP contribution < -0.4 is 5.32 Å². The lowest BCUT2D eigenvalue weighted by molar-refractivity contribution is 0.0816. The SMILES string of the molecule is Cc1cc(C(=O)NCCCN2CCC(O)CC2)c2c(C)noc2n1. The van der Waals surface area contributed by atoms with Crippen molar-refractivity contribution in [3.05, 3.63) is 23.0 Å². The summed E-state index contributed by atoms with van der Waals surface area (Å²) in [6.45, 7) is 7.05. The van der Waals surface area contributed by atoms with Crippen LogP contribution in [0.5, 0.6) is 0 Å². The molecule has 130 valence electrons. The summed E-state index contributed by atoms with van der Waals surface area (Å²) in [5, 5.41) is 17.1. The van der Waals surface area contributed by atoms with E-state index in [1.165, 1.54) is 0 Å². The molecule has 24 heavy (non-hydrogen) atoms. The van der Waals surface area contributed by atoms with Crippen LogP contribution in [0.25, 0.3) is 11.1 Å². The molecule has 2 aromatic heterocycles. The van der Waals surface area contributed by atoms with E-state index in [4.69, 9.17) is 4.52 Å². The third-order valence-electron chi connectivity index (χ3n) is 4.48. The van der Waals surface area contributed by atoms with Gasteiger partial charge in [-0.15, -0.1) is 0 Å². The Kier molecular flexibility index (Phi) is 5.11. The minimum absolute atomic E-state index is 0.120. The molecule has 3 heterocycles. The molecule has 7 nitrogen and oxygen atoms in total. The van der Waals surface area contributed by atoms with E-state index >= 15 is 0 Å². The van der Waals surface area contributed by atoms with E-state index in [0.717, 1.165) is 44.6 Å². The zero-order valence-electron chi connectivity index (χ0n) is 14.2. The molecule has 3 rings (SSSR count). The second-order valence-electron chi connectivity index (χ2n) is 6.44. The topological polar surface area (TPSA) is 91.5 Å². The Morgan fingerprint density at radius 3 is 2.92 bits per heavy atom. The number of rotatable bonds is 5. The number of hydrogen-bond acceptors (Lipinski definition) is 6. The number of aliphatic hydroxyl groups is 1. The van der Waals surface area contributed by atoms with Crippen LogP contribution >= 0.6 is 0 Å². The minimum atomic E-state index is -0.148. The van der Waals surface area contributed by atoms with Crippen molar-refractivity contribution < 1.29 is 14.4 Å². The molecule has 2 aromatic rings. The number of aliphatic hydroxyl groups excluding tert-OH is 1. The van der Waals surface area contributed by atoms with Gasteiger partial charge in [-0.25, -0.2) is 4.98 Å². The van der Waals surface area contributed by atoms with Crippen molar-refractivity contribution >= 4 is 17.0 Å². The van der Waals surface area contributed by atoms with Gasteiger partial charge in [0, 0.05) is 25.3 Å². The number of pyridine rings is 1. The summed E-state index contributed by atoms with van der Waals surface area (Å²) in [4.78, 5) is 19.1. The number of hydrogen-bond donors (Lipinski definition) is 2. The quantitative estimate of drug-likeness (QED) is 0.805. The molecular formula is C17H24N4O3. The minimum Gasteiger partial charge on any atom is -0.393 e. The molecule has 0 radical (unpaired) electrons. The van der Waals surface area contributed by atoms with Crippen LogP contribution in [0.3, 0.4) is 0 Å². The number of aryl methyl sites for hydroxylation is 2. The summed E-state index contributed by atoms with van der Waals surface area (Å²) in [6, 6.07) is 1.77. The van der Waals surface area contributed by atoms with E-state index < -0.39 is 0 Å². The fourth-order valence-corrected chi connectivity index (χ4v) is 3.14. The Bertz CT molecular complexity index is 720. The Morgan fingerprint density at radius 1 is 1.42 bits per heavy atom. The van der Waals surface area contributed by atoms with Crippen molar-refractivity contribution in [1.29, 1.82) is 0 Å². The van der Waals surface area contributed by atoms with Crippen molar-refractivity contribution in [3.63, 3.8) is 0 Å². The first-order chi connectivity index (χ1) is 11.5. The van der Waals surface area contributed by atoms with Crippen LogP contribution in [0.15, 0.2) is 10.6 Å². The summed E-state index contributed by atoms with van der Waals surface area (Å²) in [7, 11) is 0. The maximum Gasteiger partial charge on any atom is 0.258 e. The van der Waals surface area contributed by atoms with Crippen molar-refractivity contribution in [2.45, 2.75) is 39.2 Å². The Hall–Kier alpha value is -1.99. The highest BCUT2D eigenvalue weighted by Gasteiger charge is 2.18. The first-order valence-corrected chi connectivity index (χ1v) is 8.47. The Labute approximate surface area is 141 Å². The second-order valence-corrected chi connectivity index (χ2v) is 6.44. The fourth-order valence-electron chi connectivity index (χ4n) is 3.14. The molecule has 1 aliphatic rings. The third kappa shape index (κ3) is 3.73. The van der Waals surface area contributed by atoms with E-state index in [1.54, 1.807) is 6.07 Å². The number of piperidine rings is 1. The van der Waals surface area contributed by atoms with Crippen molar-refractivity contribution in [3.8, 4) is 0 Å². The Morgan fingerprint density at radius 2 is 2.17 bits per heavy atom. The van der Waals surface area contributed by atoms with Gasteiger partial charge < -0.3 is 19.8 Å². The van der Waals surface area contributed by atoms with Crippen LogP contribution in [0.2, 0.25) is 0 Å². The molecule has 0 saturated carbocycles. The summed E-state index contributed by atoms with van der Waals surface area (Å²) in [5.41, 5.74) is 2.38. The molecule has 0 spiro atoms. The number of amides is 1. The number of carbonyl (C=O) groups is 1. The van der Waals surface area contributed by atoms with Crippen LogP contribution in [-0.2, 0) is 0 Å². The molecule has 2 N–H and O–H groups in total. The van der Waals surface area contributed by atoms with Gasteiger partial charge in [0.25, 0.3) is 11.6 Å². The van der Waals surface area contributed by atoms with Crippen LogP contribution in [0.1, 0.15) is 41.0 Å². The predicted octanol–water partition coefficient (Wildman–Crippen LogP) is 1.42. The van der Waals surface area contributed by atoms with Gasteiger partial charge in [0.1, 0.15) is 0 Å². The average molecular weight is 332 g/mol. The lowest BCUT2D eigenvalue weighted by atomic mass is 10.1. The fraction of sp³-hybridized carbons (Fsp3) is 0.588. The van der Waals surface area contributed by atoms with E-state index in [0.29, 0.717) is 28.9 Å². The molecule has 1 saturated heterocycles. The monoisotopic (exact) mass is 332 g/mol. The standard InChI is InChI=1S/C17H24N4O3/c1-11-10-14(15-12(2)20-24-17(15)19-11)16(23)18-6-3-7-21-8-4-13(22)5-9-21/h10,13,22H,3-9H2,1-2H3,(H,18,23). The summed E-state index contributed by atoms with van der Waals surface area (Å²) < 4.78 is 5.17. The summed E-state index contributed by atoms with van der Waals surface area (Å²) in [6.07, 6.45) is 2.42. The Balaban J connectivity index is 1.55. The lowest BCUT2D eigenvalue weighted by Crippen LogP contribution is -2.37. The highest BCUT2D eigenvalue weighted by molar-refractivity contribution is 6.05. The number of likely N-dealkylation sites (tertiary alicyclic amines) is 1. The average Bonchev–Trinajstić information content (AvgIpc) is 2.93. The van der Waals surface area contributed by atoms with Crippen LogP contribution in [0.4, 0.5) is 0 Å². The van der Waals surface area contributed by atoms with Crippen LogP contribution in [-0.4, -0.2) is 58.3 Å².